The molecule has 2 amide bonds. The van der Waals surface area contributed by atoms with Gasteiger partial charge >= 0.3 is 0 Å². The van der Waals surface area contributed by atoms with E-state index in [4.69, 9.17) is 20.2 Å². The third-order valence-corrected chi connectivity index (χ3v) is 8.58. The van der Waals surface area contributed by atoms with Crippen LogP contribution in [0.4, 0.5) is 4.39 Å². The van der Waals surface area contributed by atoms with E-state index in [0.29, 0.717) is 38.3 Å². The molecule has 0 bridgehead atoms. The summed E-state index contributed by atoms with van der Waals surface area (Å²) in [6.07, 6.45) is 3.62. The number of nitrogens with zero attached hydrogens (tertiary/aromatic N) is 3. The monoisotopic (exact) mass is 629 g/mol. The molecule has 1 fully saturated rings. The molecule has 2 heterocycles. The van der Waals surface area contributed by atoms with E-state index in [1.807, 2.05) is 47.4 Å². The van der Waals surface area contributed by atoms with E-state index in [1.165, 1.54) is 19.2 Å². The fraction of sp³-hybridized carbons (Fsp3) is 0.417. The first-order valence-corrected chi connectivity index (χ1v) is 16.0. The summed E-state index contributed by atoms with van der Waals surface area (Å²) in [7, 11) is 3.26. The molecule has 10 heteroatoms. The minimum Gasteiger partial charge on any atom is -0.385 e. The number of imidazole rings is 1. The molecule has 0 spiro atoms. The van der Waals surface area contributed by atoms with Gasteiger partial charge in [-0.2, -0.15) is 0 Å². The number of piperidine rings is 1. The molecular weight excluding hydrogens is 585 g/mol. The van der Waals surface area contributed by atoms with E-state index >= 15 is 0 Å². The van der Waals surface area contributed by atoms with Gasteiger partial charge in [-0.3, -0.25) is 9.59 Å². The molecule has 3 aromatic carbocycles. The average Bonchev–Trinajstić information content (AvgIpc) is 3.44. The zero-order valence-corrected chi connectivity index (χ0v) is 26.7. The Kier molecular flexibility index (Phi) is 11.5. The van der Waals surface area contributed by atoms with Crippen LogP contribution in [0.2, 0.25) is 0 Å². The number of hydrogen-bond donors (Lipinski definition) is 2. The Hall–Kier alpha value is -4.12. The molecule has 46 heavy (non-hydrogen) atoms. The number of amides is 2. The van der Waals surface area contributed by atoms with Crippen LogP contribution in [0.25, 0.3) is 22.2 Å². The zero-order chi connectivity index (χ0) is 32.5. The van der Waals surface area contributed by atoms with E-state index in [2.05, 4.69) is 16.0 Å². The lowest BCUT2D eigenvalue weighted by atomic mass is 9.95. The van der Waals surface area contributed by atoms with Crippen LogP contribution in [-0.2, 0) is 27.2 Å². The van der Waals surface area contributed by atoms with Gasteiger partial charge in [0.1, 0.15) is 11.6 Å². The minimum atomic E-state index is -0.583. The maximum Gasteiger partial charge on any atom is 0.254 e. The van der Waals surface area contributed by atoms with E-state index in [-0.39, 0.29) is 29.9 Å². The first-order chi connectivity index (χ1) is 22.4. The van der Waals surface area contributed by atoms with Crippen molar-refractivity contribution in [3.05, 3.63) is 89.5 Å². The lowest BCUT2D eigenvalue weighted by molar-refractivity contribution is -0.132. The summed E-state index contributed by atoms with van der Waals surface area (Å²) in [5, 5.41) is 2.63. The average molecular weight is 630 g/mol. The maximum atomic E-state index is 14.7. The molecule has 1 aliphatic heterocycles. The fourth-order valence-corrected chi connectivity index (χ4v) is 6.22. The van der Waals surface area contributed by atoms with E-state index in [0.717, 1.165) is 60.3 Å². The van der Waals surface area contributed by atoms with Gasteiger partial charge < -0.3 is 30.0 Å². The molecule has 3 N–H and O–H groups in total. The van der Waals surface area contributed by atoms with Gasteiger partial charge in [-0.05, 0) is 66.6 Å². The van der Waals surface area contributed by atoms with Crippen LogP contribution in [0.3, 0.4) is 0 Å². The number of nitrogens with two attached hydrogens (primary N) is 1. The molecule has 0 unspecified atom stereocenters. The second-order valence-corrected chi connectivity index (χ2v) is 11.9. The Morgan fingerprint density at radius 1 is 1.04 bits per heavy atom. The Balaban J connectivity index is 1.17. The molecule has 1 aromatic heterocycles. The van der Waals surface area contributed by atoms with E-state index in [1.54, 1.807) is 13.2 Å². The van der Waals surface area contributed by atoms with Crippen LogP contribution >= 0.6 is 0 Å². The quantitative estimate of drug-likeness (QED) is 0.192. The Morgan fingerprint density at radius 2 is 1.80 bits per heavy atom. The molecule has 2 atom stereocenters. The molecule has 5 rings (SSSR count). The van der Waals surface area contributed by atoms with Crippen molar-refractivity contribution in [1.29, 1.82) is 0 Å². The first-order valence-electron chi connectivity index (χ1n) is 16.0. The van der Waals surface area contributed by atoms with Crippen LogP contribution in [-0.4, -0.2) is 79.4 Å². The van der Waals surface area contributed by atoms with Crippen molar-refractivity contribution in [3.63, 3.8) is 0 Å². The number of halogens is 1. The highest BCUT2D eigenvalue weighted by Gasteiger charge is 2.29. The third kappa shape index (κ3) is 8.17. The van der Waals surface area contributed by atoms with Crippen LogP contribution in [0, 0.1) is 5.82 Å². The molecule has 9 nitrogen and oxygen atoms in total. The number of fused-ring (bicyclic) bond motifs is 1. The van der Waals surface area contributed by atoms with Gasteiger partial charge in [0.2, 0.25) is 5.91 Å². The van der Waals surface area contributed by atoms with Gasteiger partial charge in [0.15, 0.2) is 0 Å². The smallest absolute Gasteiger partial charge is 0.254 e. The summed E-state index contributed by atoms with van der Waals surface area (Å²) in [5.41, 5.74) is 11.1. The predicted octanol–water partition coefficient (Wildman–Crippen LogP) is 4.92. The van der Waals surface area contributed by atoms with Gasteiger partial charge in [0, 0.05) is 65.4 Å². The lowest BCUT2D eigenvalue weighted by Crippen LogP contribution is -2.42. The topological polar surface area (TPSA) is 112 Å². The highest BCUT2D eigenvalue weighted by Crippen LogP contribution is 2.30. The third-order valence-electron chi connectivity index (χ3n) is 8.58. The number of methoxy groups -OCH3 is 2. The second kappa shape index (κ2) is 15.9. The fourth-order valence-electron chi connectivity index (χ4n) is 6.22. The standard InChI is InChI=1S/C36H44FN5O4/c1-45-19-6-18-42-33-9-4-3-8-32(33)40-35(42)28-7-5-17-41(24-28)34(43)23-29(38)21-25-10-12-26(13-11-25)27-14-15-30(31(37)22-27)36(44)39-16-20-46-2/h3-4,8-15,22,28-29H,5-7,16-21,23-24,38H2,1-2H3,(H,39,44)/t28-,29-/m1/s1. The number of rotatable bonds is 14. The first kappa shape index (κ1) is 33.2. The molecular formula is C36H44FN5O4. The number of nitrogens with one attached hydrogen (secondary N) is 1. The van der Waals surface area contributed by atoms with Gasteiger partial charge in [-0.15, -0.1) is 0 Å². The number of hydrogen-bond acceptors (Lipinski definition) is 6. The summed E-state index contributed by atoms with van der Waals surface area (Å²) in [4.78, 5) is 32.6. The van der Waals surface area contributed by atoms with Gasteiger partial charge in [0.25, 0.3) is 5.91 Å². The highest BCUT2D eigenvalue weighted by atomic mass is 19.1. The number of likely N-dealkylation sites (tertiary alicyclic amines) is 1. The number of aromatic nitrogens is 2. The van der Waals surface area contributed by atoms with Crippen LogP contribution in [0.1, 0.15) is 53.3 Å². The Morgan fingerprint density at radius 3 is 2.57 bits per heavy atom. The number of aryl methyl sites for hydroxylation is 1. The van der Waals surface area contributed by atoms with Crippen LogP contribution < -0.4 is 11.1 Å². The summed E-state index contributed by atoms with van der Waals surface area (Å²) >= 11 is 0. The summed E-state index contributed by atoms with van der Waals surface area (Å²) < 4.78 is 27.2. The van der Waals surface area contributed by atoms with E-state index in [9.17, 15) is 14.0 Å². The summed E-state index contributed by atoms with van der Waals surface area (Å²) in [5.74, 6) is 0.218. The van der Waals surface area contributed by atoms with Crippen molar-refractivity contribution in [3.8, 4) is 11.1 Å². The van der Waals surface area contributed by atoms with Gasteiger partial charge in [-0.25, -0.2) is 9.37 Å². The van der Waals surface area contributed by atoms with Crippen molar-refractivity contribution in [2.45, 2.75) is 50.6 Å². The van der Waals surface area contributed by atoms with Crippen molar-refractivity contribution in [1.82, 2.24) is 19.8 Å². The van der Waals surface area contributed by atoms with Gasteiger partial charge in [-0.1, -0.05) is 42.5 Å². The Labute approximate surface area is 269 Å². The molecule has 0 aliphatic carbocycles. The van der Waals surface area contributed by atoms with Crippen LogP contribution in [0.5, 0.6) is 0 Å². The second-order valence-electron chi connectivity index (χ2n) is 11.9. The molecule has 0 radical (unpaired) electrons. The molecule has 0 saturated carbocycles. The highest BCUT2D eigenvalue weighted by molar-refractivity contribution is 5.95. The minimum absolute atomic E-state index is 0.00660. The molecule has 244 valence electrons. The Bertz CT molecular complexity index is 1620. The molecule has 1 aliphatic rings. The predicted molar refractivity (Wildman–Crippen MR) is 177 cm³/mol. The molecule has 4 aromatic rings. The number of carbonyl (C=O) groups is 2. The zero-order valence-electron chi connectivity index (χ0n) is 26.7. The largest absolute Gasteiger partial charge is 0.385 e. The summed E-state index contributed by atoms with van der Waals surface area (Å²) in [6, 6.07) is 20.2. The number of carbonyl (C=O) groups excluding carboxylic acids is 2. The number of benzene rings is 3. The summed E-state index contributed by atoms with van der Waals surface area (Å²) in [6.45, 7) is 3.54. The maximum absolute atomic E-state index is 14.7. The number of para-hydroxylation sites is 2. The SMILES string of the molecule is COCCCn1c([C@@H]2CCCN(C(=O)C[C@H](N)Cc3ccc(-c4ccc(C(=O)NCCOC)c(F)c4)cc3)C2)nc2ccccc21. The van der Waals surface area contributed by atoms with Crippen molar-refractivity contribution < 1.29 is 23.5 Å². The molecule has 1 saturated heterocycles. The van der Waals surface area contributed by atoms with Crippen LogP contribution in [0.15, 0.2) is 66.7 Å². The van der Waals surface area contributed by atoms with Crippen molar-refractivity contribution in [2.24, 2.45) is 5.73 Å². The van der Waals surface area contributed by atoms with Crippen molar-refractivity contribution >= 4 is 22.8 Å². The van der Waals surface area contributed by atoms with E-state index < -0.39 is 11.7 Å². The normalized spacial score (nSPS) is 15.7. The lowest BCUT2D eigenvalue weighted by Gasteiger charge is -2.33. The van der Waals surface area contributed by atoms with Crippen molar-refractivity contribution in [2.75, 3.05) is 47.1 Å². The number of ether oxygens (including phenoxy) is 2. The van der Waals surface area contributed by atoms with Gasteiger partial charge in [0.05, 0.1) is 23.2 Å².